The number of nitrogens with zero attached hydrogens (tertiary/aromatic N) is 1. The van der Waals surface area contributed by atoms with E-state index in [0.717, 1.165) is 36.9 Å². The van der Waals surface area contributed by atoms with Gasteiger partial charge in [-0.05, 0) is 44.7 Å². The quantitative estimate of drug-likeness (QED) is 0.812. The highest BCUT2D eigenvalue weighted by Gasteiger charge is 2.40. The summed E-state index contributed by atoms with van der Waals surface area (Å²) in [7, 11) is 0. The molecule has 3 N–H and O–H groups in total. The first-order valence-corrected chi connectivity index (χ1v) is 7.34. The van der Waals surface area contributed by atoms with Crippen LogP contribution in [0.1, 0.15) is 36.8 Å². The summed E-state index contributed by atoms with van der Waals surface area (Å²) in [5, 5.41) is 9.90. The Balaban J connectivity index is 2.01. The van der Waals surface area contributed by atoms with Crippen LogP contribution in [0, 0.1) is 6.92 Å². The molecule has 4 heteroatoms. The van der Waals surface area contributed by atoms with E-state index in [4.69, 9.17) is 18.0 Å². The standard InChI is InChI=1S/C15H20N2OS/c1-9-2-5-14(13(6-9)15(16)19)17-10-3-4-11(17)8-12(18)7-10/h2,5-6,10-12,18H,3-4,7-8H2,1H3,(H2,16,19). The van der Waals surface area contributed by atoms with Crippen LogP contribution < -0.4 is 10.6 Å². The van der Waals surface area contributed by atoms with Crippen LogP contribution in [-0.4, -0.2) is 28.3 Å². The molecule has 0 spiro atoms. The van der Waals surface area contributed by atoms with Crippen molar-refractivity contribution < 1.29 is 5.11 Å². The molecule has 2 fully saturated rings. The maximum Gasteiger partial charge on any atom is 0.106 e. The van der Waals surface area contributed by atoms with Crippen LogP contribution >= 0.6 is 12.2 Å². The van der Waals surface area contributed by atoms with Crippen molar-refractivity contribution in [3.8, 4) is 0 Å². The summed E-state index contributed by atoms with van der Waals surface area (Å²) < 4.78 is 0. The lowest BCUT2D eigenvalue weighted by Crippen LogP contribution is -2.45. The number of fused-ring (bicyclic) bond motifs is 2. The SMILES string of the molecule is Cc1ccc(N2C3CCC2CC(O)C3)c(C(N)=S)c1. The van der Waals surface area contributed by atoms with E-state index in [2.05, 4.69) is 30.0 Å². The fourth-order valence-corrected chi connectivity index (χ4v) is 3.78. The Labute approximate surface area is 119 Å². The van der Waals surface area contributed by atoms with E-state index in [1.807, 2.05) is 0 Å². The molecule has 3 nitrogen and oxygen atoms in total. The highest BCUT2D eigenvalue weighted by Crippen LogP contribution is 2.40. The summed E-state index contributed by atoms with van der Waals surface area (Å²) in [6, 6.07) is 7.19. The number of hydrogen-bond acceptors (Lipinski definition) is 3. The highest BCUT2D eigenvalue weighted by atomic mass is 32.1. The zero-order valence-electron chi connectivity index (χ0n) is 11.2. The maximum absolute atomic E-state index is 9.90. The second kappa shape index (κ2) is 4.76. The van der Waals surface area contributed by atoms with Crippen molar-refractivity contribution in [2.45, 2.75) is 50.8 Å². The first-order valence-electron chi connectivity index (χ1n) is 6.93. The zero-order chi connectivity index (χ0) is 13.6. The summed E-state index contributed by atoms with van der Waals surface area (Å²) in [5.74, 6) is 0. The molecule has 19 heavy (non-hydrogen) atoms. The van der Waals surface area contributed by atoms with Crippen LogP contribution in [0.2, 0.25) is 0 Å². The molecule has 0 aliphatic carbocycles. The van der Waals surface area contributed by atoms with E-state index < -0.39 is 0 Å². The van der Waals surface area contributed by atoms with Crippen LogP contribution in [0.25, 0.3) is 0 Å². The summed E-state index contributed by atoms with van der Waals surface area (Å²) in [6.07, 6.45) is 3.90. The third-order valence-electron chi connectivity index (χ3n) is 4.40. The van der Waals surface area contributed by atoms with Gasteiger partial charge in [-0.15, -0.1) is 0 Å². The maximum atomic E-state index is 9.90. The van der Waals surface area contributed by atoms with Gasteiger partial charge in [-0.3, -0.25) is 0 Å². The lowest BCUT2D eigenvalue weighted by molar-refractivity contribution is 0.126. The monoisotopic (exact) mass is 276 g/mol. The molecule has 1 aromatic carbocycles. The molecule has 1 aromatic rings. The molecule has 2 unspecified atom stereocenters. The van der Waals surface area contributed by atoms with E-state index in [1.165, 1.54) is 5.56 Å². The average molecular weight is 276 g/mol. The number of aliphatic hydroxyl groups is 1. The number of anilines is 1. The molecule has 0 saturated carbocycles. The van der Waals surface area contributed by atoms with E-state index in [9.17, 15) is 5.11 Å². The lowest BCUT2D eigenvalue weighted by atomic mass is 9.97. The summed E-state index contributed by atoms with van der Waals surface area (Å²) in [5.41, 5.74) is 9.19. The van der Waals surface area contributed by atoms with Gasteiger partial charge >= 0.3 is 0 Å². The summed E-state index contributed by atoms with van der Waals surface area (Å²) in [4.78, 5) is 2.91. The van der Waals surface area contributed by atoms with Crippen LogP contribution in [-0.2, 0) is 0 Å². The fourth-order valence-electron chi connectivity index (χ4n) is 3.61. The first-order chi connectivity index (χ1) is 9.06. The predicted octanol–water partition coefficient (Wildman–Crippen LogP) is 2.12. The summed E-state index contributed by atoms with van der Waals surface area (Å²) in [6.45, 7) is 2.06. The molecule has 2 bridgehead atoms. The van der Waals surface area contributed by atoms with Gasteiger partial charge in [0, 0.05) is 23.3 Å². The second-order valence-corrected chi connectivity index (χ2v) is 6.24. The molecule has 2 heterocycles. The minimum atomic E-state index is -0.146. The van der Waals surface area contributed by atoms with Gasteiger partial charge in [0.1, 0.15) is 4.99 Å². The molecule has 0 amide bonds. The number of piperidine rings is 1. The Morgan fingerprint density at radius 3 is 2.53 bits per heavy atom. The average Bonchev–Trinajstić information content (AvgIpc) is 2.62. The van der Waals surface area contributed by atoms with Gasteiger partial charge in [0.15, 0.2) is 0 Å². The lowest BCUT2D eigenvalue weighted by Gasteiger charge is -2.40. The topological polar surface area (TPSA) is 49.5 Å². The van der Waals surface area contributed by atoms with Gasteiger partial charge in [-0.25, -0.2) is 0 Å². The number of benzene rings is 1. The third-order valence-corrected chi connectivity index (χ3v) is 4.62. The van der Waals surface area contributed by atoms with Gasteiger partial charge in [-0.2, -0.15) is 0 Å². The Kier molecular flexibility index (Phi) is 3.23. The normalized spacial score (nSPS) is 29.6. The van der Waals surface area contributed by atoms with Crippen molar-refractivity contribution in [1.29, 1.82) is 0 Å². The number of thiocarbonyl (C=S) groups is 1. The molecule has 2 aliphatic rings. The van der Waals surface area contributed by atoms with Crippen LogP contribution in [0.5, 0.6) is 0 Å². The van der Waals surface area contributed by atoms with Gasteiger partial charge in [0.2, 0.25) is 0 Å². The van der Waals surface area contributed by atoms with Gasteiger partial charge in [-0.1, -0.05) is 23.8 Å². The van der Waals surface area contributed by atoms with E-state index in [-0.39, 0.29) is 6.10 Å². The molecule has 0 aromatic heterocycles. The number of nitrogens with two attached hydrogens (primary N) is 1. The highest BCUT2D eigenvalue weighted by molar-refractivity contribution is 7.80. The Bertz CT molecular complexity index is 503. The third kappa shape index (κ3) is 2.23. The smallest absolute Gasteiger partial charge is 0.106 e. The number of rotatable bonds is 2. The zero-order valence-corrected chi connectivity index (χ0v) is 12.0. The largest absolute Gasteiger partial charge is 0.393 e. The van der Waals surface area contributed by atoms with Crippen LogP contribution in [0.4, 0.5) is 5.69 Å². The minimum absolute atomic E-state index is 0.146. The van der Waals surface area contributed by atoms with Crippen molar-refractivity contribution >= 4 is 22.9 Å². The molecule has 0 radical (unpaired) electrons. The van der Waals surface area contributed by atoms with Crippen molar-refractivity contribution in [3.05, 3.63) is 29.3 Å². The van der Waals surface area contributed by atoms with Crippen molar-refractivity contribution in [2.24, 2.45) is 5.73 Å². The van der Waals surface area contributed by atoms with Gasteiger partial charge in [0.05, 0.1) is 6.10 Å². The minimum Gasteiger partial charge on any atom is -0.393 e. The van der Waals surface area contributed by atoms with E-state index >= 15 is 0 Å². The fraction of sp³-hybridized carbons (Fsp3) is 0.533. The Morgan fingerprint density at radius 2 is 1.95 bits per heavy atom. The van der Waals surface area contributed by atoms with Crippen LogP contribution in [0.15, 0.2) is 18.2 Å². The molecule has 2 saturated heterocycles. The molecular weight excluding hydrogens is 256 g/mol. The number of aliphatic hydroxyl groups excluding tert-OH is 1. The number of aryl methyl sites for hydroxylation is 1. The van der Waals surface area contributed by atoms with Crippen molar-refractivity contribution in [1.82, 2.24) is 0 Å². The molecule has 3 rings (SSSR count). The summed E-state index contributed by atoms with van der Waals surface area (Å²) >= 11 is 5.20. The van der Waals surface area contributed by atoms with Gasteiger partial charge in [0.25, 0.3) is 0 Å². The number of hydrogen-bond donors (Lipinski definition) is 2. The first kappa shape index (κ1) is 12.9. The van der Waals surface area contributed by atoms with E-state index in [0.29, 0.717) is 17.1 Å². The Morgan fingerprint density at radius 1 is 1.32 bits per heavy atom. The van der Waals surface area contributed by atoms with E-state index in [1.54, 1.807) is 0 Å². The molecule has 2 atom stereocenters. The van der Waals surface area contributed by atoms with Crippen molar-refractivity contribution in [2.75, 3.05) is 4.90 Å². The second-order valence-electron chi connectivity index (χ2n) is 5.80. The predicted molar refractivity (Wildman–Crippen MR) is 81.6 cm³/mol. The molecular formula is C15H20N2OS. The molecule has 102 valence electrons. The van der Waals surface area contributed by atoms with Gasteiger partial charge < -0.3 is 15.7 Å². The molecule has 2 aliphatic heterocycles. The van der Waals surface area contributed by atoms with Crippen molar-refractivity contribution in [3.63, 3.8) is 0 Å². The van der Waals surface area contributed by atoms with Crippen LogP contribution in [0.3, 0.4) is 0 Å². The Hall–Kier alpha value is -1.13.